The summed E-state index contributed by atoms with van der Waals surface area (Å²) < 4.78 is 11.2. The van der Waals surface area contributed by atoms with Gasteiger partial charge in [0.25, 0.3) is 0 Å². The fourth-order valence-corrected chi connectivity index (χ4v) is 4.02. The van der Waals surface area contributed by atoms with Crippen molar-refractivity contribution < 1.29 is 19.1 Å². The zero-order chi connectivity index (χ0) is 18.4. The highest BCUT2D eigenvalue weighted by atomic mass is 32.2. The summed E-state index contributed by atoms with van der Waals surface area (Å²) in [5.74, 6) is 0.173. The second kappa shape index (κ2) is 9.36. The van der Waals surface area contributed by atoms with Gasteiger partial charge in [0, 0.05) is 10.8 Å². The lowest BCUT2D eigenvalue weighted by molar-refractivity contribution is -0.119. The molecule has 26 heavy (non-hydrogen) atoms. The summed E-state index contributed by atoms with van der Waals surface area (Å²) >= 11 is 1.33. The summed E-state index contributed by atoms with van der Waals surface area (Å²) in [5.41, 5.74) is 5.91. The van der Waals surface area contributed by atoms with E-state index < -0.39 is 0 Å². The lowest BCUT2D eigenvalue weighted by Crippen LogP contribution is -2.41. The number of anilines is 1. The molecule has 2 heterocycles. The van der Waals surface area contributed by atoms with Gasteiger partial charge < -0.3 is 20.5 Å². The molecule has 2 amide bonds. The number of nitrogens with one attached hydrogen (secondary N) is 1. The van der Waals surface area contributed by atoms with Crippen molar-refractivity contribution in [3.05, 3.63) is 24.3 Å². The van der Waals surface area contributed by atoms with Gasteiger partial charge >= 0.3 is 0 Å². The number of thioether (sulfide) groups is 1. The molecule has 2 saturated heterocycles. The molecule has 8 heteroatoms. The Labute approximate surface area is 157 Å². The number of carbonyl (C=O) groups is 2. The smallest absolute Gasteiger partial charge is 0.238 e. The number of ether oxygens (including phenoxy) is 2. The van der Waals surface area contributed by atoms with E-state index in [2.05, 4.69) is 10.2 Å². The van der Waals surface area contributed by atoms with Gasteiger partial charge in [-0.25, -0.2) is 0 Å². The first kappa shape index (κ1) is 19.2. The molecular formula is C18H25N3O4S. The van der Waals surface area contributed by atoms with Crippen LogP contribution in [0.5, 0.6) is 0 Å². The fraction of sp³-hybridized carbons (Fsp3) is 0.556. The number of nitrogens with two attached hydrogens (primary N) is 1. The summed E-state index contributed by atoms with van der Waals surface area (Å²) in [6, 6.07) is 7.44. The van der Waals surface area contributed by atoms with Gasteiger partial charge in [-0.05, 0) is 38.1 Å². The normalized spacial score (nSPS) is 19.5. The number of nitrogens with zero attached hydrogens (tertiary/aromatic N) is 1. The molecule has 0 bridgehead atoms. The third kappa shape index (κ3) is 5.44. The maximum Gasteiger partial charge on any atom is 0.238 e. The highest BCUT2D eigenvalue weighted by molar-refractivity contribution is 8.00. The van der Waals surface area contributed by atoms with Crippen LogP contribution in [0.25, 0.3) is 0 Å². The molecule has 1 aromatic carbocycles. The van der Waals surface area contributed by atoms with Crippen LogP contribution in [0.3, 0.4) is 0 Å². The van der Waals surface area contributed by atoms with Crippen molar-refractivity contribution in [2.75, 3.05) is 43.9 Å². The van der Waals surface area contributed by atoms with E-state index in [0.717, 1.165) is 30.8 Å². The van der Waals surface area contributed by atoms with E-state index in [-0.39, 0.29) is 23.9 Å². The number of rotatable bonds is 7. The molecule has 0 atom stereocenters. The molecule has 0 aromatic heterocycles. The van der Waals surface area contributed by atoms with E-state index in [1.807, 2.05) is 24.3 Å². The molecule has 2 fully saturated rings. The van der Waals surface area contributed by atoms with Crippen molar-refractivity contribution in [2.45, 2.75) is 24.0 Å². The maximum absolute atomic E-state index is 12.4. The number of piperidine rings is 1. The van der Waals surface area contributed by atoms with Crippen LogP contribution in [0.2, 0.25) is 0 Å². The molecule has 0 spiro atoms. The van der Waals surface area contributed by atoms with Gasteiger partial charge in [0.05, 0.1) is 31.2 Å². The Morgan fingerprint density at radius 3 is 2.58 bits per heavy atom. The Balaban J connectivity index is 1.46. The minimum Gasteiger partial charge on any atom is -0.369 e. The second-order valence-corrected chi connectivity index (χ2v) is 7.54. The zero-order valence-electron chi connectivity index (χ0n) is 14.7. The Hall–Kier alpha value is -1.61. The fourth-order valence-electron chi connectivity index (χ4n) is 3.27. The molecule has 3 rings (SSSR count). The van der Waals surface area contributed by atoms with Crippen LogP contribution >= 0.6 is 11.8 Å². The second-order valence-electron chi connectivity index (χ2n) is 6.52. The highest BCUT2D eigenvalue weighted by Gasteiger charge is 2.30. The lowest BCUT2D eigenvalue weighted by Gasteiger charge is -2.33. The van der Waals surface area contributed by atoms with Crippen LogP contribution in [0.1, 0.15) is 12.8 Å². The number of amides is 2. The lowest BCUT2D eigenvalue weighted by atomic mass is 9.96. The van der Waals surface area contributed by atoms with Crippen molar-refractivity contribution >= 4 is 29.3 Å². The first-order valence-electron chi connectivity index (χ1n) is 8.87. The monoisotopic (exact) mass is 379 g/mol. The van der Waals surface area contributed by atoms with E-state index in [0.29, 0.717) is 31.4 Å². The van der Waals surface area contributed by atoms with Crippen LogP contribution in [0.15, 0.2) is 29.2 Å². The van der Waals surface area contributed by atoms with Crippen molar-refractivity contribution in [3.63, 3.8) is 0 Å². The summed E-state index contributed by atoms with van der Waals surface area (Å²) in [7, 11) is 0. The zero-order valence-corrected chi connectivity index (χ0v) is 15.5. The van der Waals surface area contributed by atoms with Crippen LogP contribution in [-0.4, -0.2) is 61.6 Å². The number of likely N-dealkylation sites (tertiary alicyclic amines) is 1. The summed E-state index contributed by atoms with van der Waals surface area (Å²) in [6.45, 7) is 3.44. The minimum absolute atomic E-state index is 0.0519. The minimum atomic E-state index is -0.380. The number of hydrogen-bond donors (Lipinski definition) is 2. The maximum atomic E-state index is 12.4. The van der Waals surface area contributed by atoms with E-state index in [4.69, 9.17) is 15.2 Å². The molecule has 2 aliphatic heterocycles. The predicted octanol–water partition coefficient (Wildman–Crippen LogP) is 1.29. The molecule has 0 radical (unpaired) electrons. The number of para-hydroxylation sites is 1. The average Bonchev–Trinajstić information content (AvgIpc) is 3.16. The number of hydrogen-bond acceptors (Lipinski definition) is 6. The summed E-state index contributed by atoms with van der Waals surface area (Å²) in [5, 5.41) is 2.94. The van der Waals surface area contributed by atoms with E-state index in [9.17, 15) is 9.59 Å². The molecule has 3 N–H and O–H groups in total. The van der Waals surface area contributed by atoms with Gasteiger partial charge in [0.2, 0.25) is 11.8 Å². The first-order valence-corrected chi connectivity index (χ1v) is 9.86. The van der Waals surface area contributed by atoms with E-state index in [1.54, 1.807) is 0 Å². The predicted molar refractivity (Wildman–Crippen MR) is 99.8 cm³/mol. The number of primary amides is 1. The molecule has 7 nitrogen and oxygen atoms in total. The molecule has 0 unspecified atom stereocenters. The molecule has 142 valence electrons. The van der Waals surface area contributed by atoms with Gasteiger partial charge in [0.15, 0.2) is 6.29 Å². The van der Waals surface area contributed by atoms with Crippen LogP contribution in [0.4, 0.5) is 5.69 Å². The molecule has 0 aliphatic carbocycles. The third-order valence-electron chi connectivity index (χ3n) is 4.56. The van der Waals surface area contributed by atoms with Gasteiger partial charge in [0.1, 0.15) is 0 Å². The Kier molecular flexibility index (Phi) is 6.90. The van der Waals surface area contributed by atoms with Crippen LogP contribution in [-0.2, 0) is 19.1 Å². The SMILES string of the molecule is NC(=O)CSc1ccccc1NC(=O)CN1CCC(C2OCCO2)CC1. The van der Waals surface area contributed by atoms with Gasteiger partial charge in [-0.15, -0.1) is 11.8 Å². The van der Waals surface area contributed by atoms with Crippen molar-refractivity contribution in [3.8, 4) is 0 Å². The molecule has 1 aromatic rings. The Morgan fingerprint density at radius 2 is 1.88 bits per heavy atom. The number of benzene rings is 1. The third-order valence-corrected chi connectivity index (χ3v) is 5.66. The largest absolute Gasteiger partial charge is 0.369 e. The van der Waals surface area contributed by atoms with E-state index >= 15 is 0 Å². The van der Waals surface area contributed by atoms with Crippen LogP contribution in [0, 0.1) is 5.92 Å². The van der Waals surface area contributed by atoms with Crippen molar-refractivity contribution in [2.24, 2.45) is 11.7 Å². The molecule has 0 saturated carbocycles. The highest BCUT2D eigenvalue weighted by Crippen LogP contribution is 2.27. The van der Waals surface area contributed by atoms with Crippen LogP contribution < -0.4 is 11.1 Å². The quantitative estimate of drug-likeness (QED) is 0.694. The molecule has 2 aliphatic rings. The van der Waals surface area contributed by atoms with Gasteiger partial charge in [-0.2, -0.15) is 0 Å². The standard InChI is InChI=1S/C18H25N3O4S/c19-16(22)12-26-15-4-2-1-3-14(15)20-17(23)11-21-7-5-13(6-8-21)18-24-9-10-25-18/h1-4,13,18H,5-12H2,(H2,19,22)(H,20,23). The molecular weight excluding hydrogens is 354 g/mol. The first-order chi connectivity index (χ1) is 12.6. The number of carbonyl (C=O) groups excluding carboxylic acids is 2. The van der Waals surface area contributed by atoms with Crippen molar-refractivity contribution in [1.29, 1.82) is 0 Å². The summed E-state index contributed by atoms with van der Waals surface area (Å²) in [4.78, 5) is 26.4. The topological polar surface area (TPSA) is 93.9 Å². The van der Waals surface area contributed by atoms with E-state index in [1.165, 1.54) is 11.8 Å². The van der Waals surface area contributed by atoms with Gasteiger partial charge in [-0.3, -0.25) is 14.5 Å². The average molecular weight is 379 g/mol. The van der Waals surface area contributed by atoms with Gasteiger partial charge in [-0.1, -0.05) is 12.1 Å². The van der Waals surface area contributed by atoms with Crippen molar-refractivity contribution in [1.82, 2.24) is 4.90 Å². The summed E-state index contributed by atoms with van der Waals surface area (Å²) in [6.07, 6.45) is 1.88. The Bertz CT molecular complexity index is 629. The Morgan fingerprint density at radius 1 is 1.19 bits per heavy atom.